The number of carbonyl (C=O) groups is 1. The van der Waals surface area contributed by atoms with Crippen molar-refractivity contribution in [2.45, 2.75) is 46.6 Å². The fourth-order valence-corrected chi connectivity index (χ4v) is 2.26. The van der Waals surface area contributed by atoms with Crippen molar-refractivity contribution in [2.75, 3.05) is 33.7 Å². The zero-order valence-electron chi connectivity index (χ0n) is 13.0. The molecule has 1 atom stereocenters. The maximum Gasteiger partial charge on any atom is 0.234 e. The van der Waals surface area contributed by atoms with Crippen molar-refractivity contribution in [1.82, 2.24) is 15.5 Å². The summed E-state index contributed by atoms with van der Waals surface area (Å²) in [7, 11) is 4.14. The molecule has 4 nitrogen and oxygen atoms in total. The smallest absolute Gasteiger partial charge is 0.234 e. The van der Waals surface area contributed by atoms with Crippen LogP contribution in [0.1, 0.15) is 40.5 Å². The Hall–Kier alpha value is -0.610. The van der Waals surface area contributed by atoms with Gasteiger partial charge in [-0.15, -0.1) is 0 Å². The van der Waals surface area contributed by atoms with Gasteiger partial charge < -0.3 is 15.5 Å². The third-order valence-corrected chi connectivity index (χ3v) is 2.76. The molecule has 0 bridgehead atoms. The minimum Gasteiger partial charge on any atom is -0.353 e. The van der Waals surface area contributed by atoms with Gasteiger partial charge in [-0.05, 0) is 32.9 Å². The Morgan fingerprint density at radius 3 is 2.44 bits per heavy atom. The molecule has 0 aliphatic carbocycles. The van der Waals surface area contributed by atoms with Crippen LogP contribution in [0, 0.1) is 5.41 Å². The van der Waals surface area contributed by atoms with Crippen molar-refractivity contribution < 1.29 is 4.79 Å². The predicted molar refractivity (Wildman–Crippen MR) is 77.7 cm³/mol. The molecule has 1 unspecified atom stereocenters. The van der Waals surface area contributed by atoms with Gasteiger partial charge in [-0.3, -0.25) is 4.79 Å². The average molecular weight is 257 g/mol. The van der Waals surface area contributed by atoms with Gasteiger partial charge >= 0.3 is 0 Å². The summed E-state index contributed by atoms with van der Waals surface area (Å²) in [5.74, 6) is 0.0941. The first-order chi connectivity index (χ1) is 8.26. The highest BCUT2D eigenvalue weighted by molar-refractivity contribution is 5.78. The summed E-state index contributed by atoms with van der Waals surface area (Å²) >= 11 is 0. The summed E-state index contributed by atoms with van der Waals surface area (Å²) in [5, 5.41) is 6.24. The molecule has 0 fully saturated rings. The second kappa shape index (κ2) is 8.48. The van der Waals surface area contributed by atoms with Crippen molar-refractivity contribution in [1.29, 1.82) is 0 Å². The van der Waals surface area contributed by atoms with E-state index in [1.165, 1.54) is 0 Å². The number of rotatable bonds is 9. The van der Waals surface area contributed by atoms with Crippen molar-refractivity contribution >= 4 is 5.91 Å². The van der Waals surface area contributed by atoms with E-state index in [-0.39, 0.29) is 17.4 Å². The highest BCUT2D eigenvalue weighted by Gasteiger charge is 2.18. The van der Waals surface area contributed by atoms with Crippen LogP contribution >= 0.6 is 0 Å². The van der Waals surface area contributed by atoms with Gasteiger partial charge in [0.25, 0.3) is 0 Å². The number of carbonyl (C=O) groups excluding carboxylic acids is 1. The van der Waals surface area contributed by atoms with Crippen LogP contribution in [0.5, 0.6) is 0 Å². The topological polar surface area (TPSA) is 44.4 Å². The minimum atomic E-state index is 0.0941. The summed E-state index contributed by atoms with van der Waals surface area (Å²) in [4.78, 5) is 13.8. The monoisotopic (exact) mass is 257 g/mol. The second-order valence-electron chi connectivity index (χ2n) is 6.26. The molecular formula is C14H31N3O. The molecule has 0 heterocycles. The Morgan fingerprint density at radius 1 is 1.33 bits per heavy atom. The zero-order valence-corrected chi connectivity index (χ0v) is 13.0. The molecule has 18 heavy (non-hydrogen) atoms. The van der Waals surface area contributed by atoms with E-state index in [1.54, 1.807) is 0 Å². The highest BCUT2D eigenvalue weighted by atomic mass is 16.1. The summed E-state index contributed by atoms with van der Waals surface area (Å²) in [5.41, 5.74) is 0.179. The molecule has 0 aromatic heterocycles. The van der Waals surface area contributed by atoms with Crippen molar-refractivity contribution in [3.8, 4) is 0 Å². The first-order valence-electron chi connectivity index (χ1n) is 6.91. The number of nitrogens with one attached hydrogen (secondary N) is 2. The van der Waals surface area contributed by atoms with Gasteiger partial charge in [-0.2, -0.15) is 0 Å². The number of hydrogen-bond acceptors (Lipinski definition) is 3. The van der Waals surface area contributed by atoms with E-state index >= 15 is 0 Å². The summed E-state index contributed by atoms with van der Waals surface area (Å²) < 4.78 is 0. The quantitative estimate of drug-likeness (QED) is 0.657. The van der Waals surface area contributed by atoms with Gasteiger partial charge in [0, 0.05) is 19.1 Å². The first kappa shape index (κ1) is 17.4. The van der Waals surface area contributed by atoms with Crippen molar-refractivity contribution in [2.24, 2.45) is 5.41 Å². The summed E-state index contributed by atoms with van der Waals surface area (Å²) in [6, 6.07) is 0.277. The minimum absolute atomic E-state index is 0.0941. The van der Waals surface area contributed by atoms with Crippen molar-refractivity contribution in [3.63, 3.8) is 0 Å². The molecule has 0 aliphatic rings. The average Bonchev–Trinajstić information content (AvgIpc) is 2.14. The Morgan fingerprint density at radius 2 is 1.94 bits per heavy atom. The lowest BCUT2D eigenvalue weighted by Crippen LogP contribution is -2.43. The first-order valence-corrected chi connectivity index (χ1v) is 6.91. The van der Waals surface area contributed by atoms with Crippen LogP contribution in [0.4, 0.5) is 0 Å². The molecule has 0 rings (SSSR count). The SMILES string of the molecule is CCCC(C)NC(=O)CNCC(C)(C)CN(C)C. The van der Waals surface area contributed by atoms with Crippen molar-refractivity contribution in [3.05, 3.63) is 0 Å². The highest BCUT2D eigenvalue weighted by Crippen LogP contribution is 2.13. The van der Waals surface area contributed by atoms with E-state index in [4.69, 9.17) is 0 Å². The Bertz CT molecular complexity index is 239. The molecule has 0 saturated carbocycles. The van der Waals surface area contributed by atoms with Crippen LogP contribution in [0.25, 0.3) is 0 Å². The van der Waals surface area contributed by atoms with Gasteiger partial charge in [0.1, 0.15) is 0 Å². The summed E-state index contributed by atoms with van der Waals surface area (Å²) in [6.07, 6.45) is 2.14. The molecule has 2 N–H and O–H groups in total. The molecule has 4 heteroatoms. The zero-order chi connectivity index (χ0) is 14.2. The molecule has 1 amide bonds. The molecule has 0 aromatic rings. The van der Waals surface area contributed by atoms with Crippen LogP contribution in [-0.4, -0.2) is 50.6 Å². The maximum atomic E-state index is 11.7. The molecule has 0 radical (unpaired) electrons. The number of nitrogens with zero attached hydrogens (tertiary/aromatic N) is 1. The summed E-state index contributed by atoms with van der Waals surface area (Å²) in [6.45, 7) is 10.9. The van der Waals surface area contributed by atoms with Gasteiger partial charge in [0.05, 0.1) is 6.54 Å². The molecule has 108 valence electrons. The van der Waals surface area contributed by atoms with E-state index in [2.05, 4.69) is 57.3 Å². The van der Waals surface area contributed by atoms with E-state index < -0.39 is 0 Å². The molecular weight excluding hydrogens is 226 g/mol. The van der Waals surface area contributed by atoms with Crippen LogP contribution in [0.2, 0.25) is 0 Å². The van der Waals surface area contributed by atoms with Gasteiger partial charge in [-0.25, -0.2) is 0 Å². The predicted octanol–water partition coefficient (Wildman–Crippen LogP) is 1.47. The largest absolute Gasteiger partial charge is 0.353 e. The van der Waals surface area contributed by atoms with E-state index in [1.807, 2.05) is 0 Å². The lowest BCUT2D eigenvalue weighted by molar-refractivity contribution is -0.120. The maximum absolute atomic E-state index is 11.7. The van der Waals surface area contributed by atoms with E-state index in [9.17, 15) is 4.79 Å². The van der Waals surface area contributed by atoms with Crippen LogP contribution in [0.15, 0.2) is 0 Å². The van der Waals surface area contributed by atoms with Crippen LogP contribution in [-0.2, 0) is 4.79 Å². The van der Waals surface area contributed by atoms with Gasteiger partial charge in [0.15, 0.2) is 0 Å². The van der Waals surface area contributed by atoms with Gasteiger partial charge in [0.2, 0.25) is 5.91 Å². The molecule has 0 spiro atoms. The lowest BCUT2D eigenvalue weighted by Gasteiger charge is -2.28. The number of amides is 1. The molecule has 0 aliphatic heterocycles. The molecule has 0 saturated heterocycles. The number of hydrogen-bond donors (Lipinski definition) is 2. The Kier molecular flexibility index (Phi) is 8.20. The Labute approximate surface area is 113 Å². The fourth-order valence-electron chi connectivity index (χ4n) is 2.26. The standard InChI is InChI=1S/C14H31N3O/c1-7-8-12(2)16-13(18)9-15-10-14(3,4)11-17(5)6/h12,15H,7-11H2,1-6H3,(H,16,18). The third kappa shape index (κ3) is 9.42. The van der Waals surface area contributed by atoms with E-state index in [0.29, 0.717) is 6.54 Å². The second-order valence-corrected chi connectivity index (χ2v) is 6.26. The van der Waals surface area contributed by atoms with Crippen LogP contribution in [0.3, 0.4) is 0 Å². The van der Waals surface area contributed by atoms with Gasteiger partial charge in [-0.1, -0.05) is 27.2 Å². The Balaban J connectivity index is 3.80. The third-order valence-electron chi connectivity index (χ3n) is 2.76. The lowest BCUT2D eigenvalue weighted by atomic mass is 9.93. The fraction of sp³-hybridized carbons (Fsp3) is 0.929. The van der Waals surface area contributed by atoms with Crippen LogP contribution < -0.4 is 10.6 Å². The van der Waals surface area contributed by atoms with E-state index in [0.717, 1.165) is 25.9 Å². The molecule has 0 aromatic carbocycles. The normalized spacial score (nSPS) is 13.7.